The molecule has 0 aromatic heterocycles. The van der Waals surface area contributed by atoms with Crippen molar-refractivity contribution in [1.29, 1.82) is 0 Å². The summed E-state index contributed by atoms with van der Waals surface area (Å²) in [5, 5.41) is 37.9. The van der Waals surface area contributed by atoms with E-state index in [-0.39, 0.29) is 17.1 Å². The van der Waals surface area contributed by atoms with E-state index < -0.39 is 59.8 Å². The zero-order valence-electron chi connectivity index (χ0n) is 63.6. The van der Waals surface area contributed by atoms with E-state index in [0.29, 0.717) is 0 Å². The molecule has 0 atom stereocenters. The maximum Gasteiger partial charge on any atom is 2.00 e. The summed E-state index contributed by atoms with van der Waals surface area (Å²) in [5.74, 6) is 0. The molecule has 608 valence electrons. The summed E-state index contributed by atoms with van der Waals surface area (Å²) in [6.07, 6.45) is 0. The number of hydrogen-bond donors (Lipinski definition) is 3. The maximum absolute atomic E-state index is 16.2. The van der Waals surface area contributed by atoms with Gasteiger partial charge in [-0.3, -0.25) is 0 Å². The third kappa shape index (κ3) is 19.4. The molecule has 16 rings (SSSR count). The van der Waals surface area contributed by atoms with Crippen LogP contribution in [-0.2, 0) is 55.6 Å². The third-order valence-electron chi connectivity index (χ3n) is 19.0. The summed E-state index contributed by atoms with van der Waals surface area (Å²) in [4.78, 5) is 0. The minimum Gasteiger partial charge on any atom is -0.741 e. The van der Waals surface area contributed by atoms with Crippen LogP contribution in [0.5, 0.6) is 0 Å². The summed E-state index contributed by atoms with van der Waals surface area (Å²) < 4.78 is 183. The van der Waals surface area contributed by atoms with E-state index in [0.717, 1.165) is 150 Å². The van der Waals surface area contributed by atoms with Crippen LogP contribution in [0, 0.1) is 0 Å². The van der Waals surface area contributed by atoms with E-state index in [2.05, 4.69) is 72.8 Å². The Morgan fingerprint density at radius 1 is 0.218 bits per heavy atom. The van der Waals surface area contributed by atoms with Crippen molar-refractivity contribution in [2.75, 3.05) is 21.3 Å². The summed E-state index contributed by atoms with van der Waals surface area (Å²) in [5.41, 5.74) is -7.89. The molecule has 0 saturated heterocycles. The van der Waals surface area contributed by atoms with Crippen LogP contribution in [-0.4, -0.2) is 73.6 Å². The van der Waals surface area contributed by atoms with Gasteiger partial charge in [0.1, 0.15) is 0 Å². The van der Waals surface area contributed by atoms with Crippen molar-refractivity contribution in [3.63, 3.8) is 0 Å². The van der Waals surface area contributed by atoms with Crippen molar-refractivity contribution in [1.82, 2.24) is 0 Å². The van der Waals surface area contributed by atoms with Gasteiger partial charge in [-0.2, -0.15) is 26.3 Å². The molecule has 0 aliphatic heterocycles. The van der Waals surface area contributed by atoms with Gasteiger partial charge in [0.2, 0.25) is 0 Å². The van der Waals surface area contributed by atoms with E-state index in [4.69, 9.17) is 41.3 Å². The van der Waals surface area contributed by atoms with Gasteiger partial charge < -0.3 is 42.7 Å². The fourth-order valence-corrected chi connectivity index (χ4v) is 25.4. The second-order valence-electron chi connectivity index (χ2n) is 25.6. The molecule has 0 spiro atoms. The number of rotatable bonds is 14. The van der Waals surface area contributed by atoms with Crippen molar-refractivity contribution in [3.8, 4) is 22.3 Å². The monoisotopic (exact) mass is 1760 g/mol. The zero-order chi connectivity index (χ0) is 85.1. The minimum absolute atomic E-state index is 0. The van der Waals surface area contributed by atoms with E-state index in [9.17, 15) is 26.3 Å². The smallest absolute Gasteiger partial charge is 0.741 e. The van der Waals surface area contributed by atoms with Gasteiger partial charge in [0.15, 0.2) is 48.8 Å². The summed E-state index contributed by atoms with van der Waals surface area (Å²) >= 11 is 0. The SMILES string of the molecule is CO.CO.CO.O=P(c1ccccc1)(c1ccccc1)c1ccc2ccccc2c1-c1c(P(=O)(c2ccccc2)c2ccccc2)ccc2ccccc12.O=P(c1ccccc1)(c1ccccc1)c1ccc2ccccc2c1-c1c(P(=O)(c2ccccc2)c2ccccc2)ccc2ccccc12.O=S(=O)([O-])C(F)(F)F.O=S(=O)([O-])C(F)(F)F.[Fe+2]. The molecule has 0 unspecified atom stereocenters. The zero-order valence-corrected chi connectivity index (χ0v) is 69.9. The van der Waals surface area contributed by atoms with E-state index in [1.54, 1.807) is 0 Å². The fourth-order valence-electron chi connectivity index (χ4n) is 14.0. The first kappa shape index (κ1) is 92.2. The number of aliphatic hydroxyl groups is 3. The van der Waals surface area contributed by atoms with Crippen LogP contribution in [0.1, 0.15) is 0 Å². The average Bonchev–Trinajstić information content (AvgIpc) is 0.715. The Morgan fingerprint density at radius 3 is 0.462 bits per heavy atom. The number of hydrogen-bond acceptors (Lipinski definition) is 13. The molecular formula is C93H76F6FeO13P4S2. The van der Waals surface area contributed by atoms with Crippen LogP contribution in [0.15, 0.2) is 388 Å². The molecule has 0 bridgehead atoms. The average molecular weight is 1760 g/mol. The van der Waals surface area contributed by atoms with E-state index in [1.807, 2.05) is 315 Å². The van der Waals surface area contributed by atoms with Crippen molar-refractivity contribution in [3.05, 3.63) is 388 Å². The largest absolute Gasteiger partial charge is 2.00 e. The molecule has 0 radical (unpaired) electrons. The van der Waals surface area contributed by atoms with Gasteiger partial charge in [0.25, 0.3) is 0 Å². The van der Waals surface area contributed by atoms with Gasteiger partial charge in [-0.15, -0.1) is 0 Å². The second kappa shape index (κ2) is 40.4. The normalized spacial score (nSPS) is 11.6. The van der Waals surface area contributed by atoms with E-state index in [1.165, 1.54) is 0 Å². The Kier molecular flexibility index (Phi) is 31.3. The van der Waals surface area contributed by atoms with Crippen molar-refractivity contribution < 1.29 is 103 Å². The molecule has 26 heteroatoms. The predicted octanol–water partition coefficient (Wildman–Crippen LogP) is 16.8. The first-order chi connectivity index (χ1) is 56.7. The van der Waals surface area contributed by atoms with Gasteiger partial charge in [-0.05, 0) is 67.4 Å². The molecule has 0 fully saturated rings. The van der Waals surface area contributed by atoms with Crippen LogP contribution >= 0.6 is 28.6 Å². The first-order valence-electron chi connectivity index (χ1n) is 36.0. The Morgan fingerprint density at radius 2 is 0.336 bits per heavy atom. The number of benzene rings is 16. The van der Waals surface area contributed by atoms with Crippen LogP contribution in [0.25, 0.3) is 65.3 Å². The first-order valence-corrected chi connectivity index (χ1v) is 45.7. The van der Waals surface area contributed by atoms with E-state index >= 15 is 18.3 Å². The van der Waals surface area contributed by atoms with Gasteiger partial charge in [-0.1, -0.05) is 364 Å². The number of fused-ring (bicyclic) bond motifs is 4. The van der Waals surface area contributed by atoms with Crippen molar-refractivity contribution in [2.45, 2.75) is 11.0 Å². The van der Waals surface area contributed by atoms with Crippen molar-refractivity contribution >= 4 is 156 Å². The fraction of sp³-hybridized carbons (Fsp3) is 0.0538. The number of halogens is 6. The molecule has 13 nitrogen and oxygen atoms in total. The molecule has 0 heterocycles. The van der Waals surface area contributed by atoms with Crippen LogP contribution < -0.4 is 63.7 Å². The predicted molar refractivity (Wildman–Crippen MR) is 467 cm³/mol. The summed E-state index contributed by atoms with van der Waals surface area (Å²) in [6.45, 7) is 0. The molecule has 0 saturated carbocycles. The summed E-state index contributed by atoms with van der Waals surface area (Å²) in [7, 11) is -23.1. The molecular weight excluding hydrogens is 1680 g/mol. The Hall–Kier alpha value is -10.7. The van der Waals surface area contributed by atoms with Gasteiger partial charge >= 0.3 is 28.1 Å². The van der Waals surface area contributed by atoms with Crippen LogP contribution in [0.3, 0.4) is 0 Å². The summed E-state index contributed by atoms with van der Waals surface area (Å²) in [6, 6.07) is 128. The molecule has 16 aromatic rings. The van der Waals surface area contributed by atoms with Crippen LogP contribution in [0.4, 0.5) is 26.3 Å². The molecule has 3 N–H and O–H groups in total. The second-order valence-corrected chi connectivity index (χ2v) is 39.3. The molecule has 0 aliphatic rings. The molecule has 119 heavy (non-hydrogen) atoms. The topological polar surface area (TPSA) is 243 Å². The van der Waals surface area contributed by atoms with Crippen molar-refractivity contribution in [2.24, 2.45) is 0 Å². The molecule has 16 aromatic carbocycles. The minimum atomic E-state index is -6.09. The van der Waals surface area contributed by atoms with Crippen LogP contribution in [0.2, 0.25) is 0 Å². The van der Waals surface area contributed by atoms with Gasteiger partial charge in [-0.25, -0.2) is 16.8 Å². The number of aliphatic hydroxyl groups excluding tert-OH is 3. The quantitative estimate of drug-likeness (QED) is 0.0302. The van der Waals surface area contributed by atoms with Gasteiger partial charge in [0, 0.05) is 107 Å². The maximum atomic E-state index is 16.2. The molecule has 0 aliphatic carbocycles. The van der Waals surface area contributed by atoms with Gasteiger partial charge in [0.05, 0.1) is 0 Å². The standard InChI is InChI=1S/2C44H32O2P2.2CHF3O3S.3CH4O.Fe/c2*45-47(35-19-5-1-6-20-35,36-21-7-2-8-22-36)41-31-29-33-17-13-15-27-39(33)43(41)44-40-28-16-14-18-34(40)30-32-42(44)48(46,37-23-9-3-10-24-37)38-25-11-4-12-26-38;2*2-1(3,4)8(5,6)7;3*1-2;/h2*1-32H;2*(H,5,6,7);3*2H,1H3;/q;;;;;;;+2/p-2. The number of alkyl halides is 6. The Balaban J connectivity index is 0.000000216. The Bertz CT molecular complexity index is 5630. The third-order valence-corrected chi connectivity index (χ3v) is 32.6. The molecule has 0 amide bonds. The Labute approximate surface area is 696 Å².